The molecule has 0 bridgehead atoms. The molecule has 1 fully saturated rings. The summed E-state index contributed by atoms with van der Waals surface area (Å²) in [5.74, 6) is 0.553. The Hall–Kier alpha value is -3.68. The second-order valence-corrected chi connectivity index (χ2v) is 7.20. The normalized spacial score (nSPS) is 19.3. The maximum atomic E-state index is 12.7. The maximum absolute atomic E-state index is 12.7. The molecule has 1 aliphatic heterocycles. The average molecular weight is 390 g/mol. The van der Waals surface area contributed by atoms with Crippen molar-refractivity contribution in [1.82, 2.24) is 15.5 Å². The van der Waals surface area contributed by atoms with E-state index < -0.39 is 17.9 Å². The molecule has 1 unspecified atom stereocenters. The van der Waals surface area contributed by atoms with Crippen LogP contribution in [0.15, 0.2) is 59.3 Å². The van der Waals surface area contributed by atoms with E-state index >= 15 is 0 Å². The first-order valence-corrected chi connectivity index (χ1v) is 9.38. The minimum Gasteiger partial charge on any atom is -0.487 e. The quantitative estimate of drug-likeness (QED) is 0.708. The largest absolute Gasteiger partial charge is 0.487 e. The Morgan fingerprint density at radius 3 is 2.79 bits per heavy atom. The lowest BCUT2D eigenvalue weighted by atomic mass is 9.93. The van der Waals surface area contributed by atoms with Gasteiger partial charge in [-0.3, -0.25) is 9.59 Å². The fourth-order valence-corrected chi connectivity index (χ4v) is 3.56. The van der Waals surface area contributed by atoms with Crippen molar-refractivity contribution >= 4 is 17.6 Å². The van der Waals surface area contributed by atoms with Crippen molar-refractivity contribution in [2.24, 2.45) is 0 Å². The number of carbonyl (C=O) groups is 2. The fourth-order valence-electron chi connectivity index (χ4n) is 3.56. The standard InChI is InChI=1S/C21H18N4O4/c26-19(23-15-12-28-16-7-4-10-22-18(16)24-20(15)27)14-11-17(29-25-14)21(8-9-21)13-5-2-1-3-6-13/h1-7,10-11,15H,8-9,12H2,(H,23,26)(H,22,24,27). The third-order valence-electron chi connectivity index (χ3n) is 5.33. The number of pyridine rings is 1. The first-order valence-electron chi connectivity index (χ1n) is 9.38. The second kappa shape index (κ2) is 6.73. The van der Waals surface area contributed by atoms with Gasteiger partial charge < -0.3 is 19.9 Å². The van der Waals surface area contributed by atoms with E-state index in [9.17, 15) is 9.59 Å². The zero-order valence-corrected chi connectivity index (χ0v) is 15.4. The molecule has 8 nitrogen and oxygen atoms in total. The summed E-state index contributed by atoms with van der Waals surface area (Å²) in [6, 6.07) is 14.2. The third kappa shape index (κ3) is 3.12. The minimum atomic E-state index is -0.874. The van der Waals surface area contributed by atoms with Gasteiger partial charge in [-0.05, 0) is 30.5 Å². The van der Waals surface area contributed by atoms with E-state index in [1.54, 1.807) is 24.4 Å². The molecule has 1 aromatic carbocycles. The Kier molecular flexibility index (Phi) is 4.04. The van der Waals surface area contributed by atoms with Gasteiger partial charge in [-0.25, -0.2) is 4.98 Å². The van der Waals surface area contributed by atoms with Crippen molar-refractivity contribution < 1.29 is 18.8 Å². The molecule has 2 aromatic heterocycles. The van der Waals surface area contributed by atoms with Crippen molar-refractivity contribution in [1.29, 1.82) is 0 Å². The van der Waals surface area contributed by atoms with Crippen LogP contribution in [-0.4, -0.2) is 34.6 Å². The van der Waals surface area contributed by atoms with Gasteiger partial charge in [-0.15, -0.1) is 0 Å². The number of hydrogen-bond acceptors (Lipinski definition) is 6. The first kappa shape index (κ1) is 17.4. The zero-order valence-electron chi connectivity index (χ0n) is 15.4. The van der Waals surface area contributed by atoms with E-state index in [1.165, 1.54) is 0 Å². The van der Waals surface area contributed by atoms with E-state index in [0.717, 1.165) is 18.4 Å². The van der Waals surface area contributed by atoms with Gasteiger partial charge in [0.1, 0.15) is 18.4 Å². The van der Waals surface area contributed by atoms with Crippen molar-refractivity contribution in [2.45, 2.75) is 24.3 Å². The molecule has 2 aliphatic rings. The predicted octanol–water partition coefficient (Wildman–Crippen LogP) is 2.28. The summed E-state index contributed by atoms with van der Waals surface area (Å²) >= 11 is 0. The van der Waals surface area contributed by atoms with Crippen molar-refractivity contribution in [3.05, 3.63) is 71.7 Å². The van der Waals surface area contributed by atoms with E-state index in [1.807, 2.05) is 30.3 Å². The maximum Gasteiger partial charge on any atom is 0.274 e. The number of nitrogens with one attached hydrogen (secondary N) is 2. The Labute approximate surface area is 166 Å². The molecule has 8 heteroatoms. The van der Waals surface area contributed by atoms with Crippen molar-refractivity contribution in [3.63, 3.8) is 0 Å². The first-order chi connectivity index (χ1) is 14.2. The highest BCUT2D eigenvalue weighted by atomic mass is 16.5. The molecule has 146 valence electrons. The SMILES string of the molecule is O=C(NC1COc2cccnc2NC1=O)c1cc(C2(c3ccccc3)CC2)on1. The number of aromatic nitrogens is 2. The second-order valence-electron chi connectivity index (χ2n) is 7.20. The van der Waals surface area contributed by atoms with Crippen LogP contribution in [0.5, 0.6) is 5.75 Å². The number of anilines is 1. The van der Waals surface area contributed by atoms with Gasteiger partial charge in [0, 0.05) is 12.3 Å². The molecule has 0 radical (unpaired) electrons. The number of benzene rings is 1. The van der Waals surface area contributed by atoms with Gasteiger partial charge in [0.25, 0.3) is 11.8 Å². The molecule has 3 heterocycles. The van der Waals surface area contributed by atoms with Gasteiger partial charge in [0.05, 0.1) is 5.41 Å². The van der Waals surface area contributed by atoms with Crippen LogP contribution in [0.3, 0.4) is 0 Å². The summed E-state index contributed by atoms with van der Waals surface area (Å²) in [4.78, 5) is 29.1. The van der Waals surface area contributed by atoms with E-state index in [2.05, 4.69) is 20.8 Å². The van der Waals surface area contributed by atoms with Crippen LogP contribution in [-0.2, 0) is 10.2 Å². The van der Waals surface area contributed by atoms with E-state index in [-0.39, 0.29) is 17.7 Å². The molecule has 1 atom stereocenters. The van der Waals surface area contributed by atoms with E-state index in [0.29, 0.717) is 17.3 Å². The topological polar surface area (TPSA) is 106 Å². The van der Waals surface area contributed by atoms with Crippen molar-refractivity contribution in [3.8, 4) is 5.75 Å². The Morgan fingerprint density at radius 2 is 2.00 bits per heavy atom. The number of nitrogens with zero attached hydrogens (tertiary/aromatic N) is 2. The molecule has 0 spiro atoms. The summed E-state index contributed by atoms with van der Waals surface area (Å²) in [6.07, 6.45) is 3.44. The smallest absolute Gasteiger partial charge is 0.274 e. The van der Waals surface area contributed by atoms with Gasteiger partial charge in [-0.1, -0.05) is 35.5 Å². The minimum absolute atomic E-state index is 0.00503. The van der Waals surface area contributed by atoms with Crippen LogP contribution in [0.2, 0.25) is 0 Å². The van der Waals surface area contributed by atoms with Gasteiger partial charge in [0.2, 0.25) is 0 Å². The summed E-state index contributed by atoms with van der Waals surface area (Å²) in [5.41, 5.74) is 1.06. The van der Waals surface area contributed by atoms with Gasteiger partial charge in [0.15, 0.2) is 17.3 Å². The Balaban J connectivity index is 1.31. The fraction of sp³-hybridized carbons (Fsp3) is 0.238. The molecule has 5 rings (SSSR count). The van der Waals surface area contributed by atoms with Crippen LogP contribution in [0, 0.1) is 0 Å². The van der Waals surface area contributed by atoms with Crippen LogP contribution in [0.1, 0.15) is 34.7 Å². The zero-order chi connectivity index (χ0) is 19.8. The number of ether oxygens (including phenoxy) is 1. The highest BCUT2D eigenvalue weighted by Gasteiger charge is 2.49. The monoisotopic (exact) mass is 390 g/mol. The molecule has 2 N–H and O–H groups in total. The molecule has 3 aromatic rings. The Bertz CT molecular complexity index is 1080. The molecular formula is C21H18N4O4. The highest BCUT2D eigenvalue weighted by Crippen LogP contribution is 2.53. The lowest BCUT2D eigenvalue weighted by Crippen LogP contribution is -2.46. The van der Waals surface area contributed by atoms with Crippen LogP contribution in [0.25, 0.3) is 0 Å². The van der Waals surface area contributed by atoms with Crippen LogP contribution in [0.4, 0.5) is 5.82 Å². The lowest BCUT2D eigenvalue weighted by molar-refractivity contribution is -0.118. The molecule has 1 saturated carbocycles. The molecule has 1 aliphatic carbocycles. The van der Waals surface area contributed by atoms with E-state index in [4.69, 9.17) is 9.26 Å². The van der Waals surface area contributed by atoms with Crippen LogP contribution < -0.4 is 15.4 Å². The molecule has 29 heavy (non-hydrogen) atoms. The summed E-state index contributed by atoms with van der Waals surface area (Å²) < 4.78 is 11.1. The van der Waals surface area contributed by atoms with Gasteiger partial charge in [-0.2, -0.15) is 0 Å². The van der Waals surface area contributed by atoms with Crippen molar-refractivity contribution in [2.75, 3.05) is 11.9 Å². The predicted molar refractivity (Wildman–Crippen MR) is 103 cm³/mol. The number of carbonyl (C=O) groups excluding carboxylic acids is 2. The lowest BCUT2D eigenvalue weighted by Gasteiger charge is -2.13. The molecule has 0 saturated heterocycles. The number of hydrogen-bond donors (Lipinski definition) is 2. The van der Waals surface area contributed by atoms with Crippen LogP contribution >= 0.6 is 0 Å². The molecule has 2 amide bonds. The third-order valence-corrected chi connectivity index (χ3v) is 5.33. The number of fused-ring (bicyclic) bond motifs is 1. The van der Waals surface area contributed by atoms with Gasteiger partial charge >= 0.3 is 0 Å². The number of rotatable bonds is 4. The summed E-state index contributed by atoms with van der Waals surface area (Å²) in [5, 5.41) is 9.24. The molecular weight excluding hydrogens is 372 g/mol. The summed E-state index contributed by atoms with van der Waals surface area (Å²) in [7, 11) is 0. The average Bonchev–Trinajstić information content (AvgIpc) is 3.44. The number of amides is 2. The Morgan fingerprint density at radius 1 is 1.17 bits per heavy atom. The highest BCUT2D eigenvalue weighted by molar-refractivity contribution is 6.01. The summed E-state index contributed by atoms with van der Waals surface area (Å²) in [6.45, 7) is -0.00503.